The van der Waals surface area contributed by atoms with Gasteiger partial charge in [0.05, 0.1) is 21.9 Å². The monoisotopic (exact) mass is 460 g/mol. The highest BCUT2D eigenvalue weighted by Gasteiger charge is 2.19. The van der Waals surface area contributed by atoms with Gasteiger partial charge in [-0.05, 0) is 42.3 Å². The molecular formula is C25H28N6O3. The van der Waals surface area contributed by atoms with Gasteiger partial charge in [0.25, 0.3) is 11.1 Å². The number of nitrogens with one attached hydrogen (secondary N) is 1. The molecule has 9 heteroatoms. The SMILES string of the molecule is CCc1cc2ncc(CN3CCN(c4ccc5c(=O)n(C)c(=O)n(C)c5c4)CC3)cc2[nH]c1=O. The summed E-state index contributed by atoms with van der Waals surface area (Å²) in [6.45, 7) is 6.14. The van der Waals surface area contributed by atoms with Crippen LogP contribution in [-0.2, 0) is 27.1 Å². The van der Waals surface area contributed by atoms with E-state index in [0.29, 0.717) is 17.3 Å². The number of pyridine rings is 2. The minimum absolute atomic E-state index is 0.0479. The third-order valence-electron chi connectivity index (χ3n) is 6.80. The zero-order chi connectivity index (χ0) is 24.0. The molecule has 176 valence electrons. The first-order chi connectivity index (χ1) is 16.4. The smallest absolute Gasteiger partial charge is 0.330 e. The van der Waals surface area contributed by atoms with Crippen molar-refractivity contribution in [1.29, 1.82) is 0 Å². The van der Waals surface area contributed by atoms with E-state index in [2.05, 4.69) is 19.8 Å². The molecule has 0 saturated carbocycles. The number of rotatable bonds is 4. The molecule has 0 radical (unpaired) electrons. The fourth-order valence-electron chi connectivity index (χ4n) is 4.71. The highest BCUT2D eigenvalue weighted by Crippen LogP contribution is 2.22. The van der Waals surface area contributed by atoms with Crippen LogP contribution in [0.5, 0.6) is 0 Å². The molecule has 9 nitrogen and oxygen atoms in total. The van der Waals surface area contributed by atoms with Crippen molar-refractivity contribution in [3.63, 3.8) is 0 Å². The Hall–Kier alpha value is -3.72. The van der Waals surface area contributed by atoms with E-state index in [1.54, 1.807) is 7.05 Å². The van der Waals surface area contributed by atoms with Crippen LogP contribution in [0.3, 0.4) is 0 Å². The van der Waals surface area contributed by atoms with Gasteiger partial charge < -0.3 is 9.88 Å². The van der Waals surface area contributed by atoms with Crippen molar-refractivity contribution in [2.45, 2.75) is 19.9 Å². The largest absolute Gasteiger partial charge is 0.369 e. The Balaban J connectivity index is 1.31. The molecule has 1 saturated heterocycles. The minimum Gasteiger partial charge on any atom is -0.369 e. The molecule has 1 aliphatic heterocycles. The van der Waals surface area contributed by atoms with E-state index in [-0.39, 0.29) is 16.8 Å². The summed E-state index contributed by atoms with van der Waals surface area (Å²) >= 11 is 0. The molecule has 0 atom stereocenters. The molecule has 3 aromatic heterocycles. The molecule has 0 bridgehead atoms. The molecule has 4 heterocycles. The van der Waals surface area contributed by atoms with Crippen LogP contribution in [0.1, 0.15) is 18.1 Å². The van der Waals surface area contributed by atoms with Gasteiger partial charge in [-0.25, -0.2) is 4.79 Å². The zero-order valence-electron chi connectivity index (χ0n) is 19.7. The molecule has 0 aliphatic carbocycles. The second kappa shape index (κ2) is 8.57. The first kappa shape index (κ1) is 22.1. The third-order valence-corrected chi connectivity index (χ3v) is 6.80. The van der Waals surface area contributed by atoms with Crippen molar-refractivity contribution in [3.05, 3.63) is 78.8 Å². The summed E-state index contributed by atoms with van der Waals surface area (Å²) in [6.07, 6.45) is 2.57. The van der Waals surface area contributed by atoms with E-state index in [4.69, 9.17) is 0 Å². The fourth-order valence-corrected chi connectivity index (χ4v) is 4.71. The van der Waals surface area contributed by atoms with E-state index in [0.717, 1.165) is 65.1 Å². The van der Waals surface area contributed by atoms with Gasteiger partial charge in [-0.15, -0.1) is 0 Å². The second-order valence-electron chi connectivity index (χ2n) is 8.92. The Morgan fingerprint density at radius 2 is 1.74 bits per heavy atom. The van der Waals surface area contributed by atoms with Crippen LogP contribution in [0.2, 0.25) is 0 Å². The van der Waals surface area contributed by atoms with Gasteiger partial charge in [-0.1, -0.05) is 6.92 Å². The van der Waals surface area contributed by atoms with Crippen LogP contribution in [-0.4, -0.2) is 50.2 Å². The van der Waals surface area contributed by atoms with Crippen molar-refractivity contribution in [2.75, 3.05) is 31.1 Å². The summed E-state index contributed by atoms with van der Waals surface area (Å²) in [5.74, 6) is 0. The molecule has 0 spiro atoms. The summed E-state index contributed by atoms with van der Waals surface area (Å²) < 4.78 is 2.66. The van der Waals surface area contributed by atoms with Gasteiger partial charge in [0.2, 0.25) is 0 Å². The standard InChI is InChI=1S/C25H28N6O3/c1-4-17-12-20-21(27-23(17)32)11-16(14-26-20)15-30-7-9-31(10-8-30)18-5-6-19-22(13-18)28(2)25(34)29(3)24(19)33/h5-6,11-14H,4,7-10,15H2,1-3H3,(H,27,32). The first-order valence-corrected chi connectivity index (χ1v) is 11.5. The van der Waals surface area contributed by atoms with Gasteiger partial charge >= 0.3 is 5.69 Å². The van der Waals surface area contributed by atoms with Crippen LogP contribution >= 0.6 is 0 Å². The lowest BCUT2D eigenvalue weighted by molar-refractivity contribution is 0.250. The molecule has 0 amide bonds. The number of aromatic amines is 1. The van der Waals surface area contributed by atoms with Crippen molar-refractivity contribution < 1.29 is 0 Å². The molecular weight excluding hydrogens is 432 g/mol. The van der Waals surface area contributed by atoms with Crippen molar-refractivity contribution >= 4 is 27.6 Å². The average Bonchev–Trinajstić information content (AvgIpc) is 2.86. The molecule has 5 rings (SSSR count). The predicted molar refractivity (Wildman–Crippen MR) is 134 cm³/mol. The van der Waals surface area contributed by atoms with Gasteiger partial charge in [0.15, 0.2) is 0 Å². The summed E-state index contributed by atoms with van der Waals surface area (Å²) in [4.78, 5) is 49.1. The summed E-state index contributed by atoms with van der Waals surface area (Å²) in [6, 6.07) is 9.58. The number of hydrogen-bond donors (Lipinski definition) is 1. The Bertz CT molecular complexity index is 1570. The Kier molecular flexibility index (Phi) is 5.57. The lowest BCUT2D eigenvalue weighted by Gasteiger charge is -2.36. The van der Waals surface area contributed by atoms with E-state index in [1.807, 2.05) is 43.5 Å². The van der Waals surface area contributed by atoms with Crippen LogP contribution < -0.4 is 21.7 Å². The van der Waals surface area contributed by atoms with Crippen molar-refractivity contribution in [2.24, 2.45) is 14.1 Å². The molecule has 1 aromatic carbocycles. The minimum atomic E-state index is -0.323. The Morgan fingerprint density at radius 1 is 0.971 bits per heavy atom. The predicted octanol–water partition coefficient (Wildman–Crippen LogP) is 1.36. The quantitative estimate of drug-likeness (QED) is 0.494. The Morgan fingerprint density at radius 3 is 2.47 bits per heavy atom. The maximum atomic E-state index is 12.4. The van der Waals surface area contributed by atoms with Crippen LogP contribution in [0.15, 0.2) is 50.9 Å². The van der Waals surface area contributed by atoms with Gasteiger partial charge in [-0.3, -0.25) is 28.6 Å². The zero-order valence-corrected chi connectivity index (χ0v) is 19.7. The van der Waals surface area contributed by atoms with Crippen molar-refractivity contribution in [3.8, 4) is 0 Å². The molecule has 1 aliphatic rings. The van der Waals surface area contributed by atoms with Crippen molar-refractivity contribution in [1.82, 2.24) is 24.0 Å². The maximum absolute atomic E-state index is 12.4. The fraction of sp³-hybridized carbons (Fsp3) is 0.360. The highest BCUT2D eigenvalue weighted by atomic mass is 16.2. The van der Waals surface area contributed by atoms with Crippen LogP contribution in [0.4, 0.5) is 5.69 Å². The number of aromatic nitrogens is 4. The summed E-state index contributed by atoms with van der Waals surface area (Å²) in [5.41, 5.74) is 4.41. The topological polar surface area (TPSA) is 96.2 Å². The number of anilines is 1. The normalized spacial score (nSPS) is 14.9. The first-order valence-electron chi connectivity index (χ1n) is 11.5. The molecule has 34 heavy (non-hydrogen) atoms. The lowest BCUT2D eigenvalue weighted by Crippen LogP contribution is -2.46. The Labute approximate surface area is 195 Å². The van der Waals surface area contributed by atoms with Crippen LogP contribution in [0, 0.1) is 0 Å². The molecule has 1 N–H and O–H groups in total. The van der Waals surface area contributed by atoms with Gasteiger partial charge in [-0.2, -0.15) is 0 Å². The van der Waals surface area contributed by atoms with E-state index < -0.39 is 0 Å². The molecule has 0 unspecified atom stereocenters. The summed E-state index contributed by atoms with van der Waals surface area (Å²) in [5, 5.41) is 0.542. The number of H-pyrrole nitrogens is 1. The lowest BCUT2D eigenvalue weighted by atomic mass is 10.1. The number of benzene rings is 1. The number of hydrogen-bond acceptors (Lipinski definition) is 6. The molecule has 4 aromatic rings. The van der Waals surface area contributed by atoms with E-state index in [1.165, 1.54) is 11.6 Å². The highest BCUT2D eigenvalue weighted by molar-refractivity contribution is 5.82. The third kappa shape index (κ3) is 3.81. The van der Waals surface area contributed by atoms with E-state index >= 15 is 0 Å². The molecule has 1 fully saturated rings. The number of fused-ring (bicyclic) bond motifs is 2. The van der Waals surface area contributed by atoms with Gasteiger partial charge in [0, 0.05) is 64.3 Å². The maximum Gasteiger partial charge on any atom is 0.330 e. The van der Waals surface area contributed by atoms with E-state index in [9.17, 15) is 14.4 Å². The van der Waals surface area contributed by atoms with Gasteiger partial charge in [0.1, 0.15) is 0 Å². The number of aryl methyl sites for hydroxylation is 2. The second-order valence-corrected chi connectivity index (χ2v) is 8.92. The number of nitrogens with zero attached hydrogens (tertiary/aromatic N) is 5. The average molecular weight is 461 g/mol. The van der Waals surface area contributed by atoms with Crippen LogP contribution in [0.25, 0.3) is 21.9 Å². The summed E-state index contributed by atoms with van der Waals surface area (Å²) in [7, 11) is 3.20. The number of piperazine rings is 1.